The van der Waals surface area contributed by atoms with Crippen LogP contribution in [0.25, 0.3) is 144 Å². The lowest BCUT2D eigenvalue weighted by molar-refractivity contribution is 0.664. The molecule has 0 aliphatic heterocycles. The molecule has 0 fully saturated rings. The molecular weight excluding hydrogens is 917 g/mol. The fourth-order valence-electron chi connectivity index (χ4n) is 11.3. The van der Waals surface area contributed by atoms with E-state index >= 15 is 0 Å². The SMILES string of the molecule is C1=CC(c2ccc(-c3cc(-c4nc(-c5ccccc5)nc(-c5ccccc5)n4)cc(-c4ccc(-c5ccccc5)cc4)c3-n3c4ccccc4c4c5oc6c(ccc7oc8ccccc8c76)c5ccc43)cc2)=CCC1. The predicted octanol–water partition coefficient (Wildman–Crippen LogP) is 18.5. The number of furan rings is 2. The quantitative estimate of drug-likeness (QED) is 0.152. The molecule has 0 unspecified atom stereocenters. The highest BCUT2D eigenvalue weighted by Gasteiger charge is 2.26. The third-order valence-corrected chi connectivity index (χ3v) is 14.9. The van der Waals surface area contributed by atoms with E-state index in [1.54, 1.807) is 0 Å². The van der Waals surface area contributed by atoms with Crippen molar-refractivity contribution in [2.24, 2.45) is 0 Å². The number of hydrogen-bond donors (Lipinski definition) is 0. The van der Waals surface area contributed by atoms with Crippen molar-refractivity contribution in [2.75, 3.05) is 0 Å². The molecule has 75 heavy (non-hydrogen) atoms. The molecule has 1 aliphatic carbocycles. The van der Waals surface area contributed by atoms with Gasteiger partial charge >= 0.3 is 0 Å². The molecular formula is C69H44N4O2. The summed E-state index contributed by atoms with van der Waals surface area (Å²) in [5.41, 5.74) is 18.0. The van der Waals surface area contributed by atoms with Gasteiger partial charge in [0.2, 0.25) is 0 Å². The number of para-hydroxylation sites is 2. The number of benzene rings is 10. The predicted molar refractivity (Wildman–Crippen MR) is 308 cm³/mol. The molecule has 4 heterocycles. The molecule has 0 bridgehead atoms. The van der Waals surface area contributed by atoms with E-state index in [-0.39, 0.29) is 0 Å². The van der Waals surface area contributed by atoms with Crippen LogP contribution in [-0.2, 0) is 0 Å². The molecule has 15 rings (SSSR count). The summed E-state index contributed by atoms with van der Waals surface area (Å²) in [6, 6.07) is 79.2. The molecule has 6 nitrogen and oxygen atoms in total. The molecule has 4 aromatic heterocycles. The minimum absolute atomic E-state index is 0.580. The van der Waals surface area contributed by atoms with Crippen LogP contribution in [0.5, 0.6) is 0 Å². The lowest BCUT2D eigenvalue weighted by Gasteiger charge is -2.21. The smallest absolute Gasteiger partial charge is 0.164 e. The first-order chi connectivity index (χ1) is 37.2. The number of hydrogen-bond acceptors (Lipinski definition) is 5. The van der Waals surface area contributed by atoms with Crippen molar-refractivity contribution in [1.29, 1.82) is 0 Å². The summed E-state index contributed by atoms with van der Waals surface area (Å²) >= 11 is 0. The normalized spacial score (nSPS) is 12.7. The molecule has 1 aliphatic rings. The van der Waals surface area contributed by atoms with Crippen molar-refractivity contribution >= 4 is 71.3 Å². The Bertz CT molecular complexity index is 4550. The molecule has 0 radical (unpaired) electrons. The second-order valence-corrected chi connectivity index (χ2v) is 19.3. The molecule has 0 atom stereocenters. The fourth-order valence-corrected chi connectivity index (χ4v) is 11.3. The van der Waals surface area contributed by atoms with Crippen molar-refractivity contribution in [3.8, 4) is 73.2 Å². The van der Waals surface area contributed by atoms with Crippen molar-refractivity contribution in [3.05, 3.63) is 248 Å². The molecule has 10 aromatic carbocycles. The Morgan fingerprint density at radius 2 is 0.867 bits per heavy atom. The molecule has 0 saturated heterocycles. The van der Waals surface area contributed by atoms with Gasteiger partial charge in [-0.1, -0.05) is 194 Å². The Hall–Kier alpha value is -9.91. The van der Waals surface area contributed by atoms with E-state index in [0.717, 1.165) is 134 Å². The monoisotopic (exact) mass is 960 g/mol. The summed E-state index contributed by atoms with van der Waals surface area (Å²) in [5.74, 6) is 1.79. The minimum atomic E-state index is 0.580. The molecule has 0 N–H and O–H groups in total. The summed E-state index contributed by atoms with van der Waals surface area (Å²) in [7, 11) is 0. The highest BCUT2D eigenvalue weighted by Crippen LogP contribution is 2.48. The number of rotatable bonds is 8. The van der Waals surface area contributed by atoms with Crippen LogP contribution in [0.3, 0.4) is 0 Å². The van der Waals surface area contributed by atoms with Gasteiger partial charge in [0.1, 0.15) is 22.3 Å². The lowest BCUT2D eigenvalue weighted by Crippen LogP contribution is -2.04. The van der Waals surface area contributed by atoms with Crippen LogP contribution in [0, 0.1) is 0 Å². The van der Waals surface area contributed by atoms with E-state index < -0.39 is 0 Å². The standard InChI is InChI=1S/C69H44N4O2/c1-5-17-43(18-6-1)45-29-33-47(34-30-45)56-41-51(69-71-67(49-21-9-3-10-22-49)70-68(72-69)50-23-11-4-12-24-50)42-57(48-35-31-46(32-36-48)44-19-7-2-8-20-44)64(56)73-58-27-15-13-25-54(58)62-59(73)39-37-52-53-38-40-61-63(66(53)75-65(52)62)55-26-14-16-28-60(55)74-61/h1,3-7,9-42H,2,8H2. The Morgan fingerprint density at radius 1 is 0.347 bits per heavy atom. The van der Waals surface area contributed by atoms with Gasteiger partial charge in [0.05, 0.1) is 27.5 Å². The average molecular weight is 961 g/mol. The molecule has 14 aromatic rings. The summed E-state index contributed by atoms with van der Waals surface area (Å²) in [4.78, 5) is 15.7. The summed E-state index contributed by atoms with van der Waals surface area (Å²) in [6.07, 6.45) is 8.94. The third-order valence-electron chi connectivity index (χ3n) is 14.9. The highest BCUT2D eigenvalue weighted by molar-refractivity contribution is 6.28. The van der Waals surface area contributed by atoms with Crippen molar-refractivity contribution < 1.29 is 8.83 Å². The van der Waals surface area contributed by atoms with Gasteiger partial charge in [-0.25, -0.2) is 15.0 Å². The largest absolute Gasteiger partial charge is 0.456 e. The first-order valence-electron chi connectivity index (χ1n) is 25.6. The number of allylic oxidation sites excluding steroid dienone is 4. The Labute approximate surface area is 431 Å². The first-order valence-corrected chi connectivity index (χ1v) is 25.6. The van der Waals surface area contributed by atoms with E-state index in [9.17, 15) is 0 Å². The second kappa shape index (κ2) is 17.4. The van der Waals surface area contributed by atoms with Crippen LogP contribution in [-0.4, -0.2) is 19.5 Å². The van der Waals surface area contributed by atoms with Crippen LogP contribution >= 0.6 is 0 Å². The van der Waals surface area contributed by atoms with E-state index in [4.69, 9.17) is 23.8 Å². The molecule has 0 amide bonds. The van der Waals surface area contributed by atoms with Crippen molar-refractivity contribution in [1.82, 2.24) is 19.5 Å². The van der Waals surface area contributed by atoms with Gasteiger partial charge in [-0.05, 0) is 94.8 Å². The molecule has 0 saturated carbocycles. The summed E-state index contributed by atoms with van der Waals surface area (Å²) in [6.45, 7) is 0. The maximum atomic E-state index is 7.22. The van der Waals surface area contributed by atoms with E-state index in [0.29, 0.717) is 17.5 Å². The van der Waals surface area contributed by atoms with Gasteiger partial charge in [0.15, 0.2) is 17.5 Å². The molecule has 352 valence electrons. The average Bonchev–Trinajstić information content (AvgIpc) is 4.17. The van der Waals surface area contributed by atoms with Crippen LogP contribution < -0.4 is 0 Å². The number of aromatic nitrogens is 4. The Balaban J connectivity index is 1.05. The minimum Gasteiger partial charge on any atom is -0.456 e. The van der Waals surface area contributed by atoms with Crippen LogP contribution in [0.2, 0.25) is 0 Å². The van der Waals surface area contributed by atoms with Crippen LogP contribution in [0.1, 0.15) is 18.4 Å². The molecule has 0 spiro atoms. The fraction of sp³-hybridized carbons (Fsp3) is 0.0290. The molecule has 6 heteroatoms. The van der Waals surface area contributed by atoms with Gasteiger partial charge in [-0.15, -0.1) is 0 Å². The van der Waals surface area contributed by atoms with Crippen LogP contribution in [0.15, 0.2) is 252 Å². The van der Waals surface area contributed by atoms with Gasteiger partial charge in [-0.2, -0.15) is 0 Å². The number of nitrogens with zero attached hydrogens (tertiary/aromatic N) is 4. The van der Waals surface area contributed by atoms with Gasteiger partial charge < -0.3 is 13.4 Å². The Morgan fingerprint density at radius 3 is 1.51 bits per heavy atom. The van der Waals surface area contributed by atoms with E-state index in [1.165, 1.54) is 11.1 Å². The van der Waals surface area contributed by atoms with E-state index in [1.807, 2.05) is 48.5 Å². The highest BCUT2D eigenvalue weighted by atomic mass is 16.3. The summed E-state index contributed by atoms with van der Waals surface area (Å²) < 4.78 is 16.1. The van der Waals surface area contributed by atoms with Gasteiger partial charge in [-0.3, -0.25) is 0 Å². The van der Waals surface area contributed by atoms with Crippen LogP contribution in [0.4, 0.5) is 0 Å². The zero-order valence-corrected chi connectivity index (χ0v) is 40.6. The van der Waals surface area contributed by atoms with Crippen molar-refractivity contribution in [2.45, 2.75) is 12.8 Å². The second-order valence-electron chi connectivity index (χ2n) is 19.3. The third kappa shape index (κ3) is 7.13. The van der Waals surface area contributed by atoms with E-state index in [2.05, 4.69) is 199 Å². The summed E-state index contributed by atoms with van der Waals surface area (Å²) in [5, 5.41) is 6.27. The number of fused-ring (bicyclic) bond motifs is 11. The topological polar surface area (TPSA) is 69.9 Å². The maximum Gasteiger partial charge on any atom is 0.164 e. The van der Waals surface area contributed by atoms with Gasteiger partial charge in [0, 0.05) is 49.4 Å². The maximum absolute atomic E-state index is 7.22. The lowest BCUT2D eigenvalue weighted by atomic mass is 9.90. The zero-order chi connectivity index (χ0) is 49.4. The van der Waals surface area contributed by atoms with Gasteiger partial charge in [0.25, 0.3) is 0 Å². The first kappa shape index (κ1) is 42.7. The zero-order valence-electron chi connectivity index (χ0n) is 40.6. The van der Waals surface area contributed by atoms with Crippen molar-refractivity contribution in [3.63, 3.8) is 0 Å². The Kier molecular flexibility index (Phi) is 9.91.